The number of carbonyl (C=O) groups is 1. The van der Waals surface area contributed by atoms with Crippen molar-refractivity contribution in [3.8, 4) is 5.75 Å². The van der Waals surface area contributed by atoms with Crippen LogP contribution < -0.4 is 0 Å². The lowest BCUT2D eigenvalue weighted by Crippen LogP contribution is -2.13. The van der Waals surface area contributed by atoms with E-state index in [2.05, 4.69) is 6.92 Å². The molecular formula is C15H20O3S2. The predicted octanol–water partition coefficient (Wildman–Crippen LogP) is 3.54. The molecule has 0 amide bonds. The largest absolute Gasteiger partial charge is 0.508 e. The number of esters is 1. The summed E-state index contributed by atoms with van der Waals surface area (Å²) in [5.74, 6) is 2.36. The van der Waals surface area contributed by atoms with Crippen molar-refractivity contribution < 1.29 is 14.6 Å². The summed E-state index contributed by atoms with van der Waals surface area (Å²) in [4.78, 5) is 11.5. The molecular weight excluding hydrogens is 292 g/mol. The van der Waals surface area contributed by atoms with Gasteiger partial charge in [0, 0.05) is 17.9 Å². The first-order valence-electron chi connectivity index (χ1n) is 6.81. The molecule has 0 bridgehead atoms. The Morgan fingerprint density at radius 2 is 2.10 bits per heavy atom. The quantitative estimate of drug-likeness (QED) is 0.843. The van der Waals surface area contributed by atoms with Crippen LogP contribution in [0.25, 0.3) is 0 Å². The fourth-order valence-electron chi connectivity index (χ4n) is 2.35. The first-order valence-corrected chi connectivity index (χ1v) is 8.78. The van der Waals surface area contributed by atoms with Crippen molar-refractivity contribution in [1.29, 1.82) is 0 Å². The Labute approximate surface area is 128 Å². The van der Waals surface area contributed by atoms with E-state index < -0.39 is 0 Å². The zero-order valence-corrected chi connectivity index (χ0v) is 13.5. The molecule has 0 spiro atoms. The Bertz CT molecular complexity index is 482. The van der Waals surface area contributed by atoms with Crippen molar-refractivity contribution >= 4 is 29.5 Å². The number of hydrogen-bond acceptors (Lipinski definition) is 5. The molecule has 5 heteroatoms. The van der Waals surface area contributed by atoms with Crippen LogP contribution in [0.1, 0.15) is 31.4 Å². The monoisotopic (exact) mass is 312 g/mol. The topological polar surface area (TPSA) is 46.5 Å². The molecule has 1 aliphatic heterocycles. The van der Waals surface area contributed by atoms with E-state index in [1.165, 1.54) is 0 Å². The SMILES string of the molecule is CCOC(=O)CCc1ccc(O)cc1C1(C)SCCS1. The van der Waals surface area contributed by atoms with Gasteiger partial charge in [0.05, 0.1) is 10.7 Å². The standard InChI is InChI=1S/C15H20O3S2/c1-3-18-14(17)7-5-11-4-6-12(16)10-13(11)15(2)19-8-9-20-15/h4,6,10,16H,3,5,7-9H2,1-2H3. The average Bonchev–Trinajstić information content (AvgIpc) is 2.86. The number of aryl methyl sites for hydroxylation is 1. The average molecular weight is 312 g/mol. The van der Waals surface area contributed by atoms with Crippen LogP contribution >= 0.6 is 23.5 Å². The fourth-order valence-corrected chi connectivity index (χ4v) is 5.32. The highest BCUT2D eigenvalue weighted by Gasteiger charge is 2.34. The molecule has 0 aromatic heterocycles. The lowest BCUT2D eigenvalue weighted by Gasteiger charge is -2.25. The molecule has 0 atom stereocenters. The minimum absolute atomic E-state index is 0.0251. The van der Waals surface area contributed by atoms with Gasteiger partial charge in [-0.1, -0.05) is 6.07 Å². The third kappa shape index (κ3) is 3.64. The number of carbonyl (C=O) groups excluding carboxylic acids is 1. The molecule has 0 aliphatic carbocycles. The van der Waals surface area contributed by atoms with E-state index in [4.69, 9.17) is 4.74 Å². The van der Waals surface area contributed by atoms with Crippen LogP contribution in [0, 0.1) is 0 Å². The minimum Gasteiger partial charge on any atom is -0.508 e. The van der Waals surface area contributed by atoms with Gasteiger partial charge in [0.25, 0.3) is 0 Å². The number of benzene rings is 1. The van der Waals surface area contributed by atoms with Crippen molar-refractivity contribution in [3.05, 3.63) is 29.3 Å². The number of rotatable bonds is 5. The molecule has 1 N–H and O–H groups in total. The first kappa shape index (κ1) is 15.6. The molecule has 20 heavy (non-hydrogen) atoms. The lowest BCUT2D eigenvalue weighted by atomic mass is 10.00. The molecule has 110 valence electrons. The van der Waals surface area contributed by atoms with Gasteiger partial charge in [-0.2, -0.15) is 0 Å². The zero-order valence-electron chi connectivity index (χ0n) is 11.8. The van der Waals surface area contributed by atoms with Crippen LogP contribution in [0.3, 0.4) is 0 Å². The molecule has 2 rings (SSSR count). The second-order valence-electron chi connectivity index (χ2n) is 4.79. The van der Waals surface area contributed by atoms with Gasteiger partial charge in [0.2, 0.25) is 0 Å². The van der Waals surface area contributed by atoms with Crippen molar-refractivity contribution in [2.24, 2.45) is 0 Å². The summed E-state index contributed by atoms with van der Waals surface area (Å²) in [7, 11) is 0. The Morgan fingerprint density at radius 1 is 1.40 bits per heavy atom. The van der Waals surface area contributed by atoms with Crippen LogP contribution in [0.15, 0.2) is 18.2 Å². The molecule has 1 saturated heterocycles. The lowest BCUT2D eigenvalue weighted by molar-refractivity contribution is -0.143. The van der Waals surface area contributed by atoms with Crippen LogP contribution in [0.2, 0.25) is 0 Å². The van der Waals surface area contributed by atoms with Gasteiger partial charge in [-0.25, -0.2) is 0 Å². The Hall–Kier alpha value is -0.810. The van der Waals surface area contributed by atoms with Gasteiger partial charge in [0.15, 0.2) is 0 Å². The van der Waals surface area contributed by atoms with Gasteiger partial charge in [-0.3, -0.25) is 4.79 Å². The number of phenols is 1. The van der Waals surface area contributed by atoms with Crippen molar-refractivity contribution in [2.45, 2.75) is 30.8 Å². The third-order valence-electron chi connectivity index (χ3n) is 3.32. The van der Waals surface area contributed by atoms with E-state index in [1.807, 2.05) is 42.6 Å². The summed E-state index contributed by atoms with van der Waals surface area (Å²) in [6.45, 7) is 4.43. The first-order chi connectivity index (χ1) is 9.55. The molecule has 0 saturated carbocycles. The van der Waals surface area contributed by atoms with Crippen molar-refractivity contribution in [3.63, 3.8) is 0 Å². The molecule has 1 aromatic carbocycles. The van der Waals surface area contributed by atoms with Crippen LogP contribution in [0.5, 0.6) is 5.75 Å². The smallest absolute Gasteiger partial charge is 0.306 e. The van der Waals surface area contributed by atoms with E-state index in [-0.39, 0.29) is 15.8 Å². The Kier molecular flexibility index (Phi) is 5.27. The summed E-state index contributed by atoms with van der Waals surface area (Å²) in [6, 6.07) is 5.46. The Balaban J connectivity index is 2.18. The van der Waals surface area contributed by atoms with E-state index in [0.29, 0.717) is 19.4 Å². The summed E-state index contributed by atoms with van der Waals surface area (Å²) >= 11 is 3.80. The fraction of sp³-hybridized carbons (Fsp3) is 0.533. The summed E-state index contributed by atoms with van der Waals surface area (Å²) < 4.78 is 4.95. The number of aromatic hydroxyl groups is 1. The normalized spacial score (nSPS) is 17.1. The van der Waals surface area contributed by atoms with E-state index in [9.17, 15) is 9.90 Å². The highest BCUT2D eigenvalue weighted by atomic mass is 32.2. The van der Waals surface area contributed by atoms with Crippen molar-refractivity contribution in [2.75, 3.05) is 18.1 Å². The Morgan fingerprint density at radius 3 is 2.75 bits per heavy atom. The molecule has 0 radical (unpaired) electrons. The molecule has 0 unspecified atom stereocenters. The highest BCUT2D eigenvalue weighted by Crippen LogP contribution is 2.52. The van der Waals surface area contributed by atoms with E-state index in [0.717, 1.165) is 22.6 Å². The third-order valence-corrected chi connectivity index (χ3v) is 6.65. The van der Waals surface area contributed by atoms with Gasteiger partial charge in [-0.15, -0.1) is 23.5 Å². The summed E-state index contributed by atoms with van der Waals surface area (Å²) in [6.07, 6.45) is 1.04. The number of ether oxygens (including phenoxy) is 1. The van der Waals surface area contributed by atoms with Gasteiger partial charge in [0.1, 0.15) is 5.75 Å². The number of thioether (sulfide) groups is 2. The maximum atomic E-state index is 11.5. The predicted molar refractivity (Wildman–Crippen MR) is 85.3 cm³/mol. The molecule has 3 nitrogen and oxygen atoms in total. The van der Waals surface area contributed by atoms with Crippen LogP contribution in [-0.4, -0.2) is 29.2 Å². The maximum Gasteiger partial charge on any atom is 0.306 e. The second kappa shape index (κ2) is 6.76. The number of phenolic OH excluding ortho intramolecular Hbond substituents is 1. The van der Waals surface area contributed by atoms with Crippen LogP contribution in [-0.2, 0) is 20.0 Å². The number of hydrogen-bond donors (Lipinski definition) is 1. The zero-order chi connectivity index (χ0) is 14.6. The second-order valence-corrected chi connectivity index (χ2v) is 8.07. The van der Waals surface area contributed by atoms with Crippen molar-refractivity contribution in [1.82, 2.24) is 0 Å². The minimum atomic E-state index is -0.164. The van der Waals surface area contributed by atoms with E-state index >= 15 is 0 Å². The molecule has 1 aliphatic rings. The molecule has 1 fully saturated rings. The molecule has 1 heterocycles. The van der Waals surface area contributed by atoms with Gasteiger partial charge < -0.3 is 9.84 Å². The van der Waals surface area contributed by atoms with E-state index in [1.54, 1.807) is 6.07 Å². The summed E-state index contributed by atoms with van der Waals surface area (Å²) in [5.41, 5.74) is 2.26. The molecule has 1 aromatic rings. The van der Waals surface area contributed by atoms with Gasteiger partial charge in [-0.05, 0) is 43.5 Å². The highest BCUT2D eigenvalue weighted by molar-refractivity contribution is 8.20. The van der Waals surface area contributed by atoms with Crippen LogP contribution in [0.4, 0.5) is 0 Å². The van der Waals surface area contributed by atoms with Gasteiger partial charge >= 0.3 is 5.97 Å². The maximum absolute atomic E-state index is 11.5. The summed E-state index contributed by atoms with van der Waals surface area (Å²) in [5, 5.41) is 9.76.